The molecule has 0 aliphatic heterocycles. The minimum atomic E-state index is -0.806. The van der Waals surface area contributed by atoms with E-state index in [-0.39, 0.29) is 11.7 Å². The summed E-state index contributed by atoms with van der Waals surface area (Å²) in [6, 6.07) is 4.44. The lowest BCUT2D eigenvalue weighted by Gasteiger charge is -2.29. The highest BCUT2D eigenvalue weighted by molar-refractivity contribution is 6.07. The Bertz CT molecular complexity index is 997. The molecule has 33 heavy (non-hydrogen) atoms. The zero-order valence-electron chi connectivity index (χ0n) is 20.2. The number of benzene rings is 1. The van der Waals surface area contributed by atoms with Crippen LogP contribution in [0.3, 0.4) is 0 Å². The fourth-order valence-corrected chi connectivity index (χ4v) is 4.07. The first-order valence-corrected chi connectivity index (χ1v) is 11.2. The SMILES string of the molecule is CCOCCCN(C(=O)c1ccc(F)cc1)C(C)C(=O)c1c(C)c(C(=O)OC)n(CC)c1C. The Morgan fingerprint density at radius 2 is 1.76 bits per heavy atom. The molecule has 2 aromatic rings. The second kappa shape index (κ2) is 11.7. The van der Waals surface area contributed by atoms with Crippen molar-refractivity contribution in [1.82, 2.24) is 9.47 Å². The molecule has 0 N–H and O–H groups in total. The quantitative estimate of drug-likeness (QED) is 0.285. The van der Waals surface area contributed by atoms with Gasteiger partial charge < -0.3 is 18.9 Å². The molecular formula is C25H33FN2O5. The lowest BCUT2D eigenvalue weighted by atomic mass is 9.99. The lowest BCUT2D eigenvalue weighted by molar-refractivity contribution is 0.0584. The molecule has 0 aliphatic carbocycles. The number of rotatable bonds is 11. The number of amides is 1. The van der Waals surface area contributed by atoms with Crippen molar-refractivity contribution in [3.05, 3.63) is 58.2 Å². The number of methoxy groups -OCH3 is 1. The monoisotopic (exact) mass is 460 g/mol. The molecule has 0 saturated heterocycles. The van der Waals surface area contributed by atoms with E-state index in [9.17, 15) is 18.8 Å². The number of carbonyl (C=O) groups is 3. The van der Waals surface area contributed by atoms with Crippen molar-refractivity contribution in [1.29, 1.82) is 0 Å². The Kier molecular flexibility index (Phi) is 9.34. The molecule has 1 unspecified atom stereocenters. The highest BCUT2D eigenvalue weighted by Crippen LogP contribution is 2.26. The number of ketones is 1. The van der Waals surface area contributed by atoms with Crippen LogP contribution in [0.25, 0.3) is 0 Å². The van der Waals surface area contributed by atoms with Gasteiger partial charge in [0.25, 0.3) is 5.91 Å². The van der Waals surface area contributed by atoms with E-state index < -0.39 is 17.8 Å². The maximum Gasteiger partial charge on any atom is 0.354 e. The van der Waals surface area contributed by atoms with E-state index in [1.54, 1.807) is 25.3 Å². The molecule has 0 aliphatic rings. The molecule has 1 amide bonds. The van der Waals surface area contributed by atoms with Crippen molar-refractivity contribution in [3.63, 3.8) is 0 Å². The molecule has 0 fully saturated rings. The second-order valence-corrected chi connectivity index (χ2v) is 7.77. The molecule has 7 nitrogen and oxygen atoms in total. The Hall–Kier alpha value is -3.00. The number of ether oxygens (including phenoxy) is 2. The zero-order chi connectivity index (χ0) is 24.7. The molecule has 1 aromatic carbocycles. The zero-order valence-corrected chi connectivity index (χ0v) is 20.2. The third kappa shape index (κ3) is 5.68. The summed E-state index contributed by atoms with van der Waals surface area (Å²) in [5.74, 6) is -1.60. The molecule has 1 atom stereocenters. The number of hydrogen-bond donors (Lipinski definition) is 0. The Balaban J connectivity index is 2.44. The van der Waals surface area contributed by atoms with E-state index in [2.05, 4.69) is 0 Å². The van der Waals surface area contributed by atoms with E-state index in [0.717, 1.165) is 0 Å². The summed E-state index contributed by atoms with van der Waals surface area (Å²) in [4.78, 5) is 40.8. The summed E-state index contributed by atoms with van der Waals surface area (Å²) >= 11 is 0. The average Bonchev–Trinajstić information content (AvgIpc) is 3.06. The maximum absolute atomic E-state index is 13.6. The summed E-state index contributed by atoms with van der Waals surface area (Å²) in [5, 5.41) is 0. The van der Waals surface area contributed by atoms with Crippen molar-refractivity contribution >= 4 is 17.7 Å². The Morgan fingerprint density at radius 1 is 1.12 bits per heavy atom. The normalized spacial score (nSPS) is 11.8. The first-order valence-electron chi connectivity index (χ1n) is 11.2. The fourth-order valence-electron chi connectivity index (χ4n) is 4.07. The van der Waals surface area contributed by atoms with Gasteiger partial charge in [-0.05, 0) is 70.9 Å². The number of nitrogens with zero attached hydrogens (tertiary/aromatic N) is 2. The molecule has 2 rings (SSSR count). The average molecular weight is 461 g/mol. The van der Waals surface area contributed by atoms with Gasteiger partial charge in [-0.2, -0.15) is 0 Å². The summed E-state index contributed by atoms with van der Waals surface area (Å²) in [5.41, 5.74) is 2.21. The van der Waals surface area contributed by atoms with Crippen molar-refractivity contribution in [3.8, 4) is 0 Å². The predicted molar refractivity (Wildman–Crippen MR) is 123 cm³/mol. The van der Waals surface area contributed by atoms with E-state index >= 15 is 0 Å². The molecule has 0 radical (unpaired) electrons. The molecule has 0 spiro atoms. The lowest BCUT2D eigenvalue weighted by Crippen LogP contribution is -2.44. The van der Waals surface area contributed by atoms with Crippen molar-refractivity contribution < 1.29 is 28.2 Å². The number of aromatic nitrogens is 1. The van der Waals surface area contributed by atoms with Gasteiger partial charge in [0.05, 0.1) is 13.2 Å². The summed E-state index contributed by atoms with van der Waals surface area (Å²) < 4.78 is 25.4. The van der Waals surface area contributed by atoms with Gasteiger partial charge >= 0.3 is 5.97 Å². The Morgan fingerprint density at radius 3 is 2.30 bits per heavy atom. The number of halogens is 1. The van der Waals surface area contributed by atoms with Crippen LogP contribution in [0.4, 0.5) is 4.39 Å². The first-order chi connectivity index (χ1) is 15.7. The van der Waals surface area contributed by atoms with Crippen molar-refractivity contribution in [2.75, 3.05) is 26.9 Å². The molecule has 1 aromatic heterocycles. The van der Waals surface area contributed by atoms with E-state index in [1.807, 2.05) is 13.8 Å². The summed E-state index contributed by atoms with van der Waals surface area (Å²) in [6.07, 6.45) is 0.541. The van der Waals surface area contributed by atoms with E-state index in [4.69, 9.17) is 9.47 Å². The van der Waals surface area contributed by atoms with Crippen LogP contribution in [-0.2, 0) is 16.0 Å². The highest BCUT2D eigenvalue weighted by atomic mass is 19.1. The number of hydrogen-bond acceptors (Lipinski definition) is 5. The molecule has 8 heteroatoms. The van der Waals surface area contributed by atoms with Gasteiger partial charge in [-0.3, -0.25) is 9.59 Å². The number of carbonyl (C=O) groups excluding carboxylic acids is 3. The largest absolute Gasteiger partial charge is 0.464 e. The van der Waals surface area contributed by atoms with Gasteiger partial charge in [-0.25, -0.2) is 9.18 Å². The third-order valence-electron chi connectivity index (χ3n) is 5.80. The van der Waals surface area contributed by atoms with Crippen molar-refractivity contribution in [2.24, 2.45) is 0 Å². The van der Waals surface area contributed by atoms with E-state index in [0.29, 0.717) is 60.8 Å². The molecule has 0 saturated carbocycles. The standard InChI is InChI=1S/C25H33FN2O5/c1-7-27-17(4)21(16(3)22(27)25(31)32-6)23(29)18(5)28(14-9-15-33-8-2)24(30)19-10-12-20(26)13-11-19/h10-13,18H,7-9,14-15H2,1-6H3. The van der Waals surface area contributed by atoms with Crippen LogP contribution in [0.15, 0.2) is 24.3 Å². The topological polar surface area (TPSA) is 77.8 Å². The van der Waals surface area contributed by atoms with Crippen LogP contribution >= 0.6 is 0 Å². The first kappa shape index (κ1) is 26.3. The summed E-state index contributed by atoms with van der Waals surface area (Å²) in [6.45, 7) is 10.7. The maximum atomic E-state index is 13.6. The van der Waals surface area contributed by atoms with E-state index in [1.165, 1.54) is 36.3 Å². The predicted octanol–water partition coefficient (Wildman–Crippen LogP) is 4.19. The molecule has 1 heterocycles. The van der Waals surface area contributed by atoms with Gasteiger partial charge in [0.2, 0.25) is 0 Å². The third-order valence-corrected chi connectivity index (χ3v) is 5.80. The van der Waals surface area contributed by atoms with Gasteiger partial charge in [0, 0.05) is 43.1 Å². The van der Waals surface area contributed by atoms with Gasteiger partial charge in [0.15, 0.2) is 5.78 Å². The minimum absolute atomic E-state index is 0.269. The van der Waals surface area contributed by atoms with Gasteiger partial charge in [-0.1, -0.05) is 0 Å². The van der Waals surface area contributed by atoms with Crippen LogP contribution in [0, 0.1) is 19.7 Å². The van der Waals surface area contributed by atoms with Gasteiger partial charge in [-0.15, -0.1) is 0 Å². The van der Waals surface area contributed by atoms with Crippen LogP contribution in [0.1, 0.15) is 69.7 Å². The second-order valence-electron chi connectivity index (χ2n) is 7.77. The smallest absolute Gasteiger partial charge is 0.354 e. The fraction of sp³-hybridized carbons (Fsp3) is 0.480. The summed E-state index contributed by atoms with van der Waals surface area (Å²) in [7, 11) is 1.30. The van der Waals surface area contributed by atoms with Crippen LogP contribution in [0.5, 0.6) is 0 Å². The van der Waals surface area contributed by atoms with Crippen LogP contribution in [0.2, 0.25) is 0 Å². The molecule has 180 valence electrons. The number of Topliss-reactive ketones (excluding diaryl/α,β-unsaturated/α-hetero) is 1. The highest BCUT2D eigenvalue weighted by Gasteiger charge is 2.33. The van der Waals surface area contributed by atoms with Crippen LogP contribution < -0.4 is 0 Å². The van der Waals surface area contributed by atoms with Gasteiger partial charge in [0.1, 0.15) is 11.5 Å². The van der Waals surface area contributed by atoms with Crippen molar-refractivity contribution in [2.45, 2.75) is 53.6 Å². The minimum Gasteiger partial charge on any atom is -0.464 e. The number of esters is 1. The molecule has 0 bridgehead atoms. The Labute approximate surface area is 194 Å². The molecular weight excluding hydrogens is 427 g/mol. The van der Waals surface area contributed by atoms with Crippen LogP contribution in [-0.4, -0.2) is 60.0 Å².